The Morgan fingerprint density at radius 3 is 2.60 bits per heavy atom. The Hall–Kier alpha value is -2.18. The number of hydrogen-bond acceptors (Lipinski definition) is 3. The van der Waals surface area contributed by atoms with Crippen LogP contribution in [0.2, 0.25) is 0 Å². The van der Waals surface area contributed by atoms with Gasteiger partial charge in [-0.3, -0.25) is 4.79 Å². The molecule has 1 N–H and O–H groups in total. The number of benzene rings is 1. The fourth-order valence-electron chi connectivity index (χ4n) is 1.71. The van der Waals surface area contributed by atoms with Crippen molar-refractivity contribution in [2.75, 3.05) is 18.5 Å². The highest BCUT2D eigenvalue weighted by molar-refractivity contribution is 6.02. The smallest absolute Gasteiger partial charge is 0.453 e. The van der Waals surface area contributed by atoms with Gasteiger partial charge in [-0.15, -0.1) is 0 Å². The van der Waals surface area contributed by atoms with Crippen molar-refractivity contribution in [3.63, 3.8) is 0 Å². The minimum atomic E-state index is -4.76. The van der Waals surface area contributed by atoms with Crippen LogP contribution in [0, 0.1) is 6.92 Å². The first-order chi connectivity index (χ1) is 9.38. The Bertz CT molecular complexity index is 552. The zero-order chi connectivity index (χ0) is 14.8. The summed E-state index contributed by atoms with van der Waals surface area (Å²) in [6, 6.07) is 6.69. The maximum Gasteiger partial charge on any atom is 0.453 e. The molecule has 0 saturated carbocycles. The van der Waals surface area contributed by atoms with Crippen LogP contribution in [0.15, 0.2) is 35.8 Å². The zero-order valence-corrected chi connectivity index (χ0v) is 10.6. The van der Waals surface area contributed by atoms with Crippen molar-refractivity contribution in [1.29, 1.82) is 0 Å². The number of alkyl halides is 3. The second-order valence-corrected chi connectivity index (χ2v) is 4.18. The van der Waals surface area contributed by atoms with Crippen molar-refractivity contribution in [3.05, 3.63) is 41.3 Å². The lowest BCUT2D eigenvalue weighted by molar-refractivity contribution is -0.151. The maximum absolute atomic E-state index is 12.7. The predicted molar refractivity (Wildman–Crippen MR) is 64.8 cm³/mol. The van der Waals surface area contributed by atoms with E-state index in [1.807, 2.05) is 0 Å². The van der Waals surface area contributed by atoms with E-state index in [4.69, 9.17) is 4.74 Å². The van der Waals surface area contributed by atoms with Crippen LogP contribution in [0.25, 0.3) is 0 Å². The van der Waals surface area contributed by atoms with E-state index >= 15 is 0 Å². The number of anilines is 1. The number of aryl methyl sites for hydroxylation is 1. The van der Waals surface area contributed by atoms with E-state index in [9.17, 15) is 18.0 Å². The third-order valence-corrected chi connectivity index (χ3v) is 2.52. The van der Waals surface area contributed by atoms with E-state index in [2.05, 4.69) is 10.1 Å². The van der Waals surface area contributed by atoms with Crippen LogP contribution in [-0.2, 0) is 14.3 Å². The number of amides is 1. The molecule has 1 aromatic rings. The quantitative estimate of drug-likeness (QED) is 0.909. The van der Waals surface area contributed by atoms with Gasteiger partial charge in [-0.25, -0.2) is 0 Å². The van der Waals surface area contributed by atoms with E-state index in [-0.39, 0.29) is 13.2 Å². The normalized spacial score (nSPS) is 15.4. The highest BCUT2D eigenvalue weighted by atomic mass is 19.4. The lowest BCUT2D eigenvalue weighted by Gasteiger charge is -2.22. The van der Waals surface area contributed by atoms with Gasteiger partial charge in [-0.2, -0.15) is 13.2 Å². The van der Waals surface area contributed by atoms with Crippen LogP contribution in [0.5, 0.6) is 0 Å². The number of halogens is 3. The molecule has 0 bridgehead atoms. The molecule has 0 aromatic heterocycles. The van der Waals surface area contributed by atoms with Crippen molar-refractivity contribution in [2.45, 2.75) is 13.1 Å². The minimum absolute atomic E-state index is 0.101. The molecule has 0 fully saturated rings. The molecule has 2 rings (SSSR count). The molecule has 1 amide bonds. The van der Waals surface area contributed by atoms with E-state index < -0.39 is 23.6 Å². The van der Waals surface area contributed by atoms with Crippen LogP contribution < -0.4 is 5.32 Å². The molecule has 0 saturated heterocycles. The number of nitrogens with one attached hydrogen (secondary N) is 1. The van der Waals surface area contributed by atoms with Gasteiger partial charge in [0.2, 0.25) is 11.5 Å². The summed E-state index contributed by atoms with van der Waals surface area (Å²) >= 11 is 0. The third kappa shape index (κ3) is 3.23. The van der Waals surface area contributed by atoms with Crippen LogP contribution in [0.4, 0.5) is 18.9 Å². The molecule has 0 unspecified atom stereocenters. The van der Waals surface area contributed by atoms with Crippen molar-refractivity contribution < 1.29 is 27.4 Å². The largest absolute Gasteiger partial charge is 0.483 e. The molecule has 1 aliphatic rings. The highest BCUT2D eigenvalue weighted by Gasteiger charge is 2.43. The summed E-state index contributed by atoms with van der Waals surface area (Å²) in [5, 5.41) is 2.35. The fraction of sp³-hybridized carbons (Fsp3) is 0.308. The van der Waals surface area contributed by atoms with E-state index in [1.54, 1.807) is 31.2 Å². The summed E-state index contributed by atoms with van der Waals surface area (Å²) < 4.78 is 47.4. The molecule has 0 aliphatic carbocycles. The summed E-state index contributed by atoms with van der Waals surface area (Å²) in [7, 11) is 0. The Labute approximate surface area is 113 Å². The Morgan fingerprint density at radius 2 is 1.95 bits per heavy atom. The SMILES string of the molecule is Cc1cccc(NC(=O)C2=C(C(F)(F)F)OCCO2)c1. The third-order valence-electron chi connectivity index (χ3n) is 2.52. The molecule has 1 aromatic carbocycles. The molecule has 0 atom stereocenters. The average Bonchev–Trinajstić information content (AvgIpc) is 2.37. The van der Waals surface area contributed by atoms with Gasteiger partial charge in [-0.1, -0.05) is 12.1 Å². The molecule has 0 spiro atoms. The first-order valence-electron chi connectivity index (χ1n) is 5.83. The summed E-state index contributed by atoms with van der Waals surface area (Å²) in [5.74, 6) is -3.22. The van der Waals surface area contributed by atoms with Gasteiger partial charge in [0.05, 0.1) is 0 Å². The van der Waals surface area contributed by atoms with Gasteiger partial charge in [0, 0.05) is 5.69 Å². The first kappa shape index (κ1) is 14.2. The van der Waals surface area contributed by atoms with E-state index in [0.29, 0.717) is 5.69 Å². The molecule has 1 aliphatic heterocycles. The Balaban J connectivity index is 2.24. The minimum Gasteiger partial charge on any atom is -0.483 e. The zero-order valence-electron chi connectivity index (χ0n) is 10.6. The number of rotatable bonds is 2. The molecule has 1 heterocycles. The molecule has 108 valence electrons. The second-order valence-electron chi connectivity index (χ2n) is 4.18. The van der Waals surface area contributed by atoms with Gasteiger partial charge < -0.3 is 14.8 Å². The maximum atomic E-state index is 12.7. The van der Waals surface area contributed by atoms with E-state index in [0.717, 1.165) is 5.56 Å². The number of allylic oxidation sites excluding steroid dienone is 1. The summed E-state index contributed by atoms with van der Waals surface area (Å²) in [6.07, 6.45) is -4.76. The van der Waals surface area contributed by atoms with Gasteiger partial charge in [0.25, 0.3) is 5.91 Å². The Morgan fingerprint density at radius 1 is 1.25 bits per heavy atom. The summed E-state index contributed by atoms with van der Waals surface area (Å²) in [5.41, 5.74) is 1.26. The van der Waals surface area contributed by atoms with Gasteiger partial charge in [-0.05, 0) is 24.6 Å². The Kier molecular flexibility index (Phi) is 3.87. The number of carbonyl (C=O) groups is 1. The standard InChI is InChI=1S/C13H12F3NO3/c1-8-3-2-4-9(7-8)17-12(18)10-11(13(14,15)16)20-6-5-19-10/h2-4,7H,5-6H2,1H3,(H,17,18). The second kappa shape index (κ2) is 5.44. The fourth-order valence-corrected chi connectivity index (χ4v) is 1.71. The van der Waals surface area contributed by atoms with Crippen LogP contribution in [0.1, 0.15) is 5.56 Å². The monoisotopic (exact) mass is 287 g/mol. The molecule has 20 heavy (non-hydrogen) atoms. The van der Waals surface area contributed by atoms with Crippen molar-refractivity contribution in [3.8, 4) is 0 Å². The van der Waals surface area contributed by atoms with Crippen LogP contribution in [0.3, 0.4) is 0 Å². The molecular formula is C13H12F3NO3. The molecular weight excluding hydrogens is 275 g/mol. The van der Waals surface area contributed by atoms with Crippen molar-refractivity contribution >= 4 is 11.6 Å². The number of hydrogen-bond donors (Lipinski definition) is 1. The van der Waals surface area contributed by atoms with Gasteiger partial charge >= 0.3 is 6.18 Å². The summed E-state index contributed by atoms with van der Waals surface area (Å²) in [4.78, 5) is 11.9. The van der Waals surface area contributed by atoms with Gasteiger partial charge in [0.1, 0.15) is 13.2 Å². The van der Waals surface area contributed by atoms with Gasteiger partial charge in [0.15, 0.2) is 0 Å². The number of carbonyl (C=O) groups excluding carboxylic acids is 1. The predicted octanol–water partition coefficient (Wildman–Crippen LogP) is 2.75. The average molecular weight is 287 g/mol. The molecule has 0 radical (unpaired) electrons. The lowest BCUT2D eigenvalue weighted by atomic mass is 10.2. The summed E-state index contributed by atoms with van der Waals surface area (Å²) in [6.45, 7) is 1.46. The van der Waals surface area contributed by atoms with Crippen LogP contribution in [-0.4, -0.2) is 25.3 Å². The topological polar surface area (TPSA) is 47.6 Å². The van der Waals surface area contributed by atoms with Crippen molar-refractivity contribution in [2.24, 2.45) is 0 Å². The van der Waals surface area contributed by atoms with Crippen LogP contribution >= 0.6 is 0 Å². The first-order valence-corrected chi connectivity index (χ1v) is 5.83. The lowest BCUT2D eigenvalue weighted by Crippen LogP contribution is -2.30. The highest BCUT2D eigenvalue weighted by Crippen LogP contribution is 2.32. The molecule has 4 nitrogen and oxygen atoms in total. The molecule has 7 heteroatoms. The number of ether oxygens (including phenoxy) is 2. The van der Waals surface area contributed by atoms with Crippen molar-refractivity contribution in [1.82, 2.24) is 0 Å². The van der Waals surface area contributed by atoms with E-state index in [1.165, 1.54) is 0 Å².